The van der Waals surface area contributed by atoms with Gasteiger partial charge < -0.3 is 4.90 Å². The van der Waals surface area contributed by atoms with E-state index in [-0.39, 0.29) is 12.2 Å². The number of nitrogens with one attached hydrogen (secondary N) is 1. The maximum atomic E-state index is 12.2. The molecular weight excluding hydrogens is 224 g/mol. The van der Waals surface area contributed by atoms with Crippen molar-refractivity contribution in [1.29, 1.82) is 0 Å². The van der Waals surface area contributed by atoms with Crippen molar-refractivity contribution in [3.8, 4) is 0 Å². The van der Waals surface area contributed by atoms with Crippen LogP contribution in [0.5, 0.6) is 0 Å². The number of carbonyl (C=O) groups excluding carboxylic acids is 1. The Labute approximate surface area is 111 Å². The SMILES string of the molecule is CCCC1NC(C)C(=O)N1CC1CCC(C)CC1. The lowest BCUT2D eigenvalue weighted by atomic mass is 9.83. The molecule has 3 nitrogen and oxygen atoms in total. The Bertz CT molecular complexity index is 284. The highest BCUT2D eigenvalue weighted by molar-refractivity contribution is 5.83. The van der Waals surface area contributed by atoms with Gasteiger partial charge in [-0.3, -0.25) is 10.1 Å². The van der Waals surface area contributed by atoms with Gasteiger partial charge in [-0.05, 0) is 38.0 Å². The van der Waals surface area contributed by atoms with E-state index in [4.69, 9.17) is 0 Å². The van der Waals surface area contributed by atoms with Gasteiger partial charge in [-0.1, -0.05) is 33.1 Å². The lowest BCUT2D eigenvalue weighted by Gasteiger charge is -2.32. The molecule has 0 spiro atoms. The molecule has 2 fully saturated rings. The molecule has 2 aliphatic rings. The smallest absolute Gasteiger partial charge is 0.240 e. The van der Waals surface area contributed by atoms with Crippen molar-refractivity contribution in [2.24, 2.45) is 11.8 Å². The van der Waals surface area contributed by atoms with Crippen LogP contribution in [-0.2, 0) is 4.79 Å². The summed E-state index contributed by atoms with van der Waals surface area (Å²) in [6.07, 6.45) is 7.80. The number of carbonyl (C=O) groups is 1. The minimum Gasteiger partial charge on any atom is -0.326 e. The second-order valence-electron chi connectivity index (χ2n) is 6.31. The summed E-state index contributed by atoms with van der Waals surface area (Å²) >= 11 is 0. The van der Waals surface area contributed by atoms with Crippen molar-refractivity contribution in [3.63, 3.8) is 0 Å². The predicted octanol–water partition coefficient (Wildman–Crippen LogP) is 2.76. The average molecular weight is 252 g/mol. The minimum atomic E-state index is 0.0177. The van der Waals surface area contributed by atoms with Crippen LogP contribution in [0.4, 0.5) is 0 Å². The summed E-state index contributed by atoms with van der Waals surface area (Å²) in [6.45, 7) is 7.51. The molecule has 1 saturated heterocycles. The fourth-order valence-corrected chi connectivity index (χ4v) is 3.37. The zero-order chi connectivity index (χ0) is 13.1. The Hall–Kier alpha value is -0.570. The normalized spacial score (nSPS) is 37.3. The average Bonchev–Trinajstić information content (AvgIpc) is 2.60. The van der Waals surface area contributed by atoms with E-state index in [1.807, 2.05) is 6.92 Å². The first-order valence-electron chi connectivity index (χ1n) is 7.68. The summed E-state index contributed by atoms with van der Waals surface area (Å²) in [7, 11) is 0. The molecule has 1 aliphatic heterocycles. The molecule has 18 heavy (non-hydrogen) atoms. The molecule has 2 atom stereocenters. The maximum Gasteiger partial charge on any atom is 0.240 e. The fraction of sp³-hybridized carbons (Fsp3) is 0.933. The lowest BCUT2D eigenvalue weighted by Crippen LogP contribution is -2.41. The van der Waals surface area contributed by atoms with Crippen LogP contribution in [0.3, 0.4) is 0 Å². The molecule has 0 bridgehead atoms. The third-order valence-corrected chi connectivity index (χ3v) is 4.62. The molecule has 2 rings (SSSR count). The molecule has 3 heteroatoms. The van der Waals surface area contributed by atoms with Crippen molar-refractivity contribution in [2.45, 2.75) is 71.5 Å². The molecule has 0 aromatic carbocycles. The highest BCUT2D eigenvalue weighted by Gasteiger charge is 2.36. The molecule has 1 heterocycles. The Morgan fingerprint density at radius 3 is 2.50 bits per heavy atom. The van der Waals surface area contributed by atoms with Gasteiger partial charge in [0.05, 0.1) is 12.2 Å². The van der Waals surface area contributed by atoms with Crippen LogP contribution in [0.1, 0.15) is 59.3 Å². The fourth-order valence-electron chi connectivity index (χ4n) is 3.37. The second-order valence-corrected chi connectivity index (χ2v) is 6.31. The van der Waals surface area contributed by atoms with Crippen molar-refractivity contribution in [1.82, 2.24) is 10.2 Å². The predicted molar refractivity (Wildman–Crippen MR) is 74.1 cm³/mol. The van der Waals surface area contributed by atoms with Crippen LogP contribution in [-0.4, -0.2) is 29.6 Å². The highest BCUT2D eigenvalue weighted by Crippen LogP contribution is 2.30. The van der Waals surface area contributed by atoms with Gasteiger partial charge in [0, 0.05) is 6.54 Å². The summed E-state index contributed by atoms with van der Waals surface area (Å²) in [5, 5.41) is 3.43. The quantitative estimate of drug-likeness (QED) is 0.834. The molecule has 2 unspecified atom stereocenters. The monoisotopic (exact) mass is 252 g/mol. The first-order chi connectivity index (χ1) is 8.61. The molecule has 1 amide bonds. The first kappa shape index (κ1) is 13.9. The Morgan fingerprint density at radius 2 is 1.89 bits per heavy atom. The number of amides is 1. The van der Waals surface area contributed by atoms with Gasteiger partial charge >= 0.3 is 0 Å². The molecular formula is C15H28N2O. The van der Waals surface area contributed by atoms with Crippen molar-refractivity contribution < 1.29 is 4.79 Å². The van der Waals surface area contributed by atoms with Gasteiger partial charge in [-0.2, -0.15) is 0 Å². The number of hydrogen-bond acceptors (Lipinski definition) is 2. The van der Waals surface area contributed by atoms with E-state index in [0.29, 0.717) is 5.91 Å². The molecule has 0 radical (unpaired) electrons. The third kappa shape index (κ3) is 3.05. The zero-order valence-electron chi connectivity index (χ0n) is 12.1. The number of nitrogens with zero attached hydrogens (tertiary/aromatic N) is 1. The van der Waals surface area contributed by atoms with Crippen LogP contribution < -0.4 is 5.32 Å². The topological polar surface area (TPSA) is 32.3 Å². The Kier molecular flexibility index (Phi) is 4.66. The Balaban J connectivity index is 1.91. The van der Waals surface area contributed by atoms with E-state index in [0.717, 1.165) is 31.2 Å². The molecule has 0 aromatic rings. The summed E-state index contributed by atoms with van der Waals surface area (Å²) < 4.78 is 0. The lowest BCUT2D eigenvalue weighted by molar-refractivity contribution is -0.130. The van der Waals surface area contributed by atoms with E-state index in [9.17, 15) is 4.79 Å². The van der Waals surface area contributed by atoms with Gasteiger partial charge in [-0.25, -0.2) is 0 Å². The van der Waals surface area contributed by atoms with Crippen LogP contribution in [0.2, 0.25) is 0 Å². The molecule has 1 saturated carbocycles. The second kappa shape index (κ2) is 6.05. The van der Waals surface area contributed by atoms with Gasteiger partial charge in [0.25, 0.3) is 0 Å². The van der Waals surface area contributed by atoms with Crippen LogP contribution in [0, 0.1) is 11.8 Å². The molecule has 1 N–H and O–H groups in total. The highest BCUT2D eigenvalue weighted by atomic mass is 16.2. The standard InChI is InChI=1S/C15H28N2O/c1-4-5-14-16-12(3)15(18)17(14)10-13-8-6-11(2)7-9-13/h11-14,16H,4-10H2,1-3H3. The molecule has 1 aliphatic carbocycles. The van der Waals surface area contributed by atoms with E-state index < -0.39 is 0 Å². The van der Waals surface area contributed by atoms with E-state index in [2.05, 4.69) is 24.1 Å². The van der Waals surface area contributed by atoms with E-state index in [1.54, 1.807) is 0 Å². The largest absolute Gasteiger partial charge is 0.326 e. The summed E-state index contributed by atoms with van der Waals surface area (Å²) in [4.78, 5) is 14.3. The maximum absolute atomic E-state index is 12.2. The number of rotatable bonds is 4. The van der Waals surface area contributed by atoms with Crippen LogP contribution in [0.25, 0.3) is 0 Å². The van der Waals surface area contributed by atoms with Gasteiger partial charge in [0.2, 0.25) is 5.91 Å². The van der Waals surface area contributed by atoms with Crippen LogP contribution in [0.15, 0.2) is 0 Å². The summed E-state index contributed by atoms with van der Waals surface area (Å²) in [5.74, 6) is 1.93. The van der Waals surface area contributed by atoms with Gasteiger partial charge in [-0.15, -0.1) is 0 Å². The van der Waals surface area contributed by atoms with Crippen molar-refractivity contribution in [2.75, 3.05) is 6.54 Å². The molecule has 0 aromatic heterocycles. The van der Waals surface area contributed by atoms with Gasteiger partial charge in [0.1, 0.15) is 0 Å². The number of hydrogen-bond donors (Lipinski definition) is 1. The zero-order valence-corrected chi connectivity index (χ0v) is 12.1. The van der Waals surface area contributed by atoms with Crippen molar-refractivity contribution in [3.05, 3.63) is 0 Å². The summed E-state index contributed by atoms with van der Waals surface area (Å²) in [5.41, 5.74) is 0. The van der Waals surface area contributed by atoms with E-state index >= 15 is 0 Å². The van der Waals surface area contributed by atoms with E-state index in [1.165, 1.54) is 25.7 Å². The van der Waals surface area contributed by atoms with Crippen LogP contribution >= 0.6 is 0 Å². The third-order valence-electron chi connectivity index (χ3n) is 4.62. The summed E-state index contributed by atoms with van der Waals surface area (Å²) in [6, 6.07) is 0.0177. The molecule has 104 valence electrons. The Morgan fingerprint density at radius 1 is 1.22 bits per heavy atom. The van der Waals surface area contributed by atoms with Gasteiger partial charge in [0.15, 0.2) is 0 Å². The minimum absolute atomic E-state index is 0.0177. The van der Waals surface area contributed by atoms with Crippen molar-refractivity contribution >= 4 is 5.91 Å². The first-order valence-corrected chi connectivity index (χ1v) is 7.68.